The second-order valence-corrected chi connectivity index (χ2v) is 6.05. The van der Waals surface area contributed by atoms with Crippen LogP contribution in [0.4, 0.5) is 11.4 Å². The number of aryl methyl sites for hydroxylation is 1. The summed E-state index contributed by atoms with van der Waals surface area (Å²) in [5.41, 5.74) is 2.89. The molecule has 0 bridgehead atoms. The maximum Gasteiger partial charge on any atom is 0.255 e. The van der Waals surface area contributed by atoms with Gasteiger partial charge in [-0.15, -0.1) is 0 Å². The number of amides is 2. The second kappa shape index (κ2) is 7.65. The summed E-state index contributed by atoms with van der Waals surface area (Å²) in [6, 6.07) is 15.7. The predicted molar refractivity (Wildman–Crippen MR) is 101 cm³/mol. The Bertz CT molecular complexity index is 902. The molecule has 6 nitrogen and oxygen atoms in total. The van der Waals surface area contributed by atoms with Gasteiger partial charge in [-0.2, -0.15) is 5.10 Å². The van der Waals surface area contributed by atoms with E-state index in [1.165, 1.54) is 0 Å². The molecule has 2 amide bonds. The van der Waals surface area contributed by atoms with Crippen LogP contribution in [0.15, 0.2) is 67.0 Å². The molecule has 0 fully saturated rings. The number of hydrogen-bond acceptors (Lipinski definition) is 3. The highest BCUT2D eigenvalue weighted by molar-refractivity contribution is 6.04. The Kier molecular flexibility index (Phi) is 5.12. The lowest BCUT2D eigenvalue weighted by atomic mass is 10.1. The smallest absolute Gasteiger partial charge is 0.255 e. The number of carbonyl (C=O) groups excluding carboxylic acids is 2. The maximum absolute atomic E-state index is 12.3. The highest BCUT2D eigenvalue weighted by atomic mass is 16.2. The summed E-state index contributed by atoms with van der Waals surface area (Å²) in [5.74, 6) is -0.380. The molecular weight excluding hydrogens is 328 g/mol. The van der Waals surface area contributed by atoms with Crippen molar-refractivity contribution in [2.75, 3.05) is 10.6 Å². The Labute approximate surface area is 151 Å². The fourth-order valence-electron chi connectivity index (χ4n) is 2.46. The zero-order valence-corrected chi connectivity index (χ0v) is 14.6. The average Bonchev–Trinajstić information content (AvgIpc) is 3.16. The molecule has 1 heterocycles. The normalized spacial score (nSPS) is 11.6. The van der Waals surface area contributed by atoms with E-state index in [9.17, 15) is 9.59 Å². The topological polar surface area (TPSA) is 76.0 Å². The Hall–Kier alpha value is -3.41. The van der Waals surface area contributed by atoms with E-state index in [4.69, 9.17) is 0 Å². The van der Waals surface area contributed by atoms with E-state index < -0.39 is 6.04 Å². The average molecular weight is 348 g/mol. The summed E-state index contributed by atoms with van der Waals surface area (Å²) in [4.78, 5) is 24.7. The Balaban J connectivity index is 1.67. The molecule has 0 aliphatic rings. The number of benzene rings is 2. The van der Waals surface area contributed by atoms with Crippen LogP contribution in [0.3, 0.4) is 0 Å². The lowest BCUT2D eigenvalue weighted by Gasteiger charge is -2.13. The van der Waals surface area contributed by atoms with Gasteiger partial charge in [0.05, 0.1) is 0 Å². The van der Waals surface area contributed by atoms with Crippen LogP contribution >= 0.6 is 0 Å². The third-order valence-electron chi connectivity index (χ3n) is 4.00. The van der Waals surface area contributed by atoms with Gasteiger partial charge in [0.15, 0.2) is 0 Å². The predicted octanol–water partition coefficient (Wildman–Crippen LogP) is 3.64. The van der Waals surface area contributed by atoms with Gasteiger partial charge >= 0.3 is 0 Å². The molecule has 132 valence electrons. The van der Waals surface area contributed by atoms with Crippen molar-refractivity contribution in [1.82, 2.24) is 9.78 Å². The summed E-state index contributed by atoms with van der Waals surface area (Å²) < 4.78 is 1.58. The van der Waals surface area contributed by atoms with Crippen molar-refractivity contribution in [2.24, 2.45) is 0 Å². The minimum atomic E-state index is -0.434. The van der Waals surface area contributed by atoms with E-state index in [1.54, 1.807) is 66.5 Å². The first-order chi connectivity index (χ1) is 12.5. The van der Waals surface area contributed by atoms with Crippen LogP contribution in [0, 0.1) is 6.92 Å². The van der Waals surface area contributed by atoms with Gasteiger partial charge < -0.3 is 10.6 Å². The van der Waals surface area contributed by atoms with Crippen LogP contribution in [-0.4, -0.2) is 21.6 Å². The maximum atomic E-state index is 12.3. The van der Waals surface area contributed by atoms with Gasteiger partial charge in [0.1, 0.15) is 6.04 Å². The van der Waals surface area contributed by atoms with Crippen LogP contribution in [-0.2, 0) is 4.79 Å². The van der Waals surface area contributed by atoms with Gasteiger partial charge in [0.25, 0.3) is 5.91 Å². The second-order valence-electron chi connectivity index (χ2n) is 6.05. The third kappa shape index (κ3) is 4.16. The molecule has 0 saturated carbocycles. The minimum Gasteiger partial charge on any atom is -0.324 e. The molecule has 0 aliphatic heterocycles. The summed E-state index contributed by atoms with van der Waals surface area (Å²) in [6.45, 7) is 3.74. The molecule has 2 aromatic carbocycles. The van der Waals surface area contributed by atoms with Gasteiger partial charge in [-0.1, -0.05) is 23.8 Å². The fourth-order valence-corrected chi connectivity index (χ4v) is 2.46. The number of anilines is 2. The molecule has 6 heteroatoms. The molecule has 0 aliphatic carbocycles. The molecule has 3 aromatic rings. The molecule has 26 heavy (non-hydrogen) atoms. The monoisotopic (exact) mass is 348 g/mol. The highest BCUT2D eigenvalue weighted by Gasteiger charge is 2.15. The lowest BCUT2D eigenvalue weighted by Crippen LogP contribution is -2.24. The van der Waals surface area contributed by atoms with Gasteiger partial charge in [0.2, 0.25) is 5.91 Å². The van der Waals surface area contributed by atoms with E-state index in [0.29, 0.717) is 16.9 Å². The Morgan fingerprint density at radius 2 is 1.69 bits per heavy atom. The number of aromatic nitrogens is 2. The number of carbonyl (C=O) groups is 2. The fraction of sp³-hybridized carbons (Fsp3) is 0.150. The van der Waals surface area contributed by atoms with E-state index >= 15 is 0 Å². The Morgan fingerprint density at radius 3 is 2.35 bits per heavy atom. The van der Waals surface area contributed by atoms with Crippen LogP contribution in [0.5, 0.6) is 0 Å². The standard InChI is InChI=1S/C20H20N4O2/c1-14-7-9-16(10-8-14)20(26)23-18-6-3-5-17(13-18)22-19(25)15(2)24-12-4-11-21-24/h3-13,15H,1-2H3,(H,22,25)(H,23,26). The van der Waals surface area contributed by atoms with Crippen molar-refractivity contribution in [2.45, 2.75) is 19.9 Å². The van der Waals surface area contributed by atoms with E-state index in [0.717, 1.165) is 5.56 Å². The summed E-state index contributed by atoms with van der Waals surface area (Å²) in [7, 11) is 0. The summed E-state index contributed by atoms with van der Waals surface area (Å²) >= 11 is 0. The van der Waals surface area contributed by atoms with Crippen molar-refractivity contribution in [1.29, 1.82) is 0 Å². The zero-order valence-electron chi connectivity index (χ0n) is 14.6. The third-order valence-corrected chi connectivity index (χ3v) is 4.00. The summed E-state index contributed by atoms with van der Waals surface area (Å²) in [5, 5.41) is 9.75. The van der Waals surface area contributed by atoms with Crippen molar-refractivity contribution < 1.29 is 9.59 Å². The molecule has 1 aromatic heterocycles. The van der Waals surface area contributed by atoms with Crippen molar-refractivity contribution in [3.8, 4) is 0 Å². The molecule has 0 radical (unpaired) electrons. The minimum absolute atomic E-state index is 0.185. The lowest BCUT2D eigenvalue weighted by molar-refractivity contribution is -0.119. The quantitative estimate of drug-likeness (QED) is 0.739. The van der Waals surface area contributed by atoms with Crippen molar-refractivity contribution in [3.05, 3.63) is 78.1 Å². The summed E-state index contributed by atoms with van der Waals surface area (Å²) in [6.07, 6.45) is 3.37. The van der Waals surface area contributed by atoms with Gasteiger partial charge in [-0.05, 0) is 50.2 Å². The highest BCUT2D eigenvalue weighted by Crippen LogP contribution is 2.18. The van der Waals surface area contributed by atoms with Crippen molar-refractivity contribution >= 4 is 23.2 Å². The number of nitrogens with zero attached hydrogens (tertiary/aromatic N) is 2. The number of nitrogens with one attached hydrogen (secondary N) is 2. The molecule has 1 unspecified atom stereocenters. The zero-order chi connectivity index (χ0) is 18.5. The molecule has 3 rings (SSSR count). The van der Waals surface area contributed by atoms with Crippen LogP contribution in [0.1, 0.15) is 28.9 Å². The van der Waals surface area contributed by atoms with Gasteiger partial charge in [0, 0.05) is 29.3 Å². The van der Waals surface area contributed by atoms with E-state index in [2.05, 4.69) is 15.7 Å². The van der Waals surface area contributed by atoms with E-state index in [1.807, 2.05) is 19.1 Å². The largest absolute Gasteiger partial charge is 0.324 e. The van der Waals surface area contributed by atoms with E-state index in [-0.39, 0.29) is 11.8 Å². The van der Waals surface area contributed by atoms with Crippen LogP contribution in [0.25, 0.3) is 0 Å². The SMILES string of the molecule is Cc1ccc(C(=O)Nc2cccc(NC(=O)C(C)n3cccn3)c2)cc1. The first kappa shape index (κ1) is 17.4. The molecular formula is C20H20N4O2. The molecule has 1 atom stereocenters. The van der Waals surface area contributed by atoms with Crippen LogP contribution in [0.2, 0.25) is 0 Å². The number of rotatable bonds is 5. The molecule has 0 spiro atoms. The Morgan fingerprint density at radius 1 is 1.00 bits per heavy atom. The first-order valence-corrected chi connectivity index (χ1v) is 8.31. The molecule has 0 saturated heterocycles. The van der Waals surface area contributed by atoms with Gasteiger partial charge in [-0.3, -0.25) is 14.3 Å². The number of hydrogen-bond donors (Lipinski definition) is 2. The van der Waals surface area contributed by atoms with Gasteiger partial charge in [-0.25, -0.2) is 0 Å². The molecule has 2 N–H and O–H groups in total. The first-order valence-electron chi connectivity index (χ1n) is 8.31. The van der Waals surface area contributed by atoms with Crippen LogP contribution < -0.4 is 10.6 Å². The van der Waals surface area contributed by atoms with Crippen molar-refractivity contribution in [3.63, 3.8) is 0 Å².